The molecule has 1 aliphatic heterocycles. The fourth-order valence-corrected chi connectivity index (χ4v) is 4.31. The zero-order chi connectivity index (χ0) is 22.9. The number of hydrogen-bond donors (Lipinski definition) is 3. The third kappa shape index (κ3) is 6.24. The largest absolute Gasteiger partial charge is 0.368 e. The van der Waals surface area contributed by atoms with Gasteiger partial charge < -0.3 is 16.0 Å². The number of nitrogens with one attached hydrogen (secondary N) is 3. The van der Waals surface area contributed by atoms with Gasteiger partial charge in [0.15, 0.2) is 0 Å². The first-order valence-corrected chi connectivity index (χ1v) is 11.7. The molecule has 0 amide bonds. The summed E-state index contributed by atoms with van der Waals surface area (Å²) in [6, 6.07) is 28.8. The Hall–Kier alpha value is -3.04. The highest BCUT2D eigenvalue weighted by molar-refractivity contribution is 5.47. The average Bonchev–Trinajstić information content (AvgIpc) is 3.26. The van der Waals surface area contributed by atoms with Gasteiger partial charge in [-0.05, 0) is 43.5 Å². The van der Waals surface area contributed by atoms with Gasteiger partial charge in [-0.25, -0.2) is 0 Å². The minimum atomic E-state index is 0.327. The highest BCUT2D eigenvalue weighted by Crippen LogP contribution is 2.32. The molecule has 4 rings (SSSR count). The van der Waals surface area contributed by atoms with Crippen molar-refractivity contribution in [1.82, 2.24) is 10.6 Å². The van der Waals surface area contributed by atoms with Crippen LogP contribution in [-0.2, 0) is 0 Å². The molecule has 3 aromatic carbocycles. The molecule has 0 aliphatic carbocycles. The van der Waals surface area contributed by atoms with Gasteiger partial charge in [-0.3, -0.25) is 0 Å². The number of anilines is 1. The predicted octanol–water partition coefficient (Wildman–Crippen LogP) is 6.36. The lowest BCUT2D eigenvalue weighted by molar-refractivity contribution is 0.525. The van der Waals surface area contributed by atoms with Crippen LogP contribution in [0.3, 0.4) is 0 Å². The van der Waals surface area contributed by atoms with Crippen molar-refractivity contribution >= 4 is 5.69 Å². The molecule has 3 N–H and O–H groups in total. The summed E-state index contributed by atoms with van der Waals surface area (Å²) in [5, 5.41) is 10.7. The molecule has 32 heavy (non-hydrogen) atoms. The zero-order valence-electron chi connectivity index (χ0n) is 19.9. The first-order chi connectivity index (χ1) is 15.6. The number of hydrogen-bond acceptors (Lipinski definition) is 3. The molecule has 168 valence electrons. The maximum Gasteiger partial charge on any atom is 0.0959 e. The maximum absolute atomic E-state index is 4.17. The van der Waals surface area contributed by atoms with Gasteiger partial charge in [0.1, 0.15) is 0 Å². The van der Waals surface area contributed by atoms with E-state index >= 15 is 0 Å². The van der Waals surface area contributed by atoms with E-state index in [0.717, 1.165) is 24.5 Å². The van der Waals surface area contributed by atoms with Gasteiger partial charge in [0.2, 0.25) is 0 Å². The van der Waals surface area contributed by atoms with Crippen molar-refractivity contribution in [2.75, 3.05) is 11.9 Å². The second-order valence-corrected chi connectivity index (χ2v) is 8.36. The minimum absolute atomic E-state index is 0.327. The van der Waals surface area contributed by atoms with Crippen LogP contribution in [-0.4, -0.2) is 18.6 Å². The molecular formula is C29H37N3. The van der Waals surface area contributed by atoms with Gasteiger partial charge >= 0.3 is 0 Å². The molecule has 0 bridgehead atoms. The highest BCUT2D eigenvalue weighted by atomic mass is 15.1. The van der Waals surface area contributed by atoms with Crippen LogP contribution in [0.2, 0.25) is 0 Å². The third-order valence-corrected chi connectivity index (χ3v) is 5.89. The number of benzene rings is 3. The normalized spacial score (nSPS) is 17.4. The van der Waals surface area contributed by atoms with Crippen molar-refractivity contribution in [3.63, 3.8) is 0 Å². The minimum Gasteiger partial charge on any atom is -0.368 e. The zero-order valence-corrected chi connectivity index (χ0v) is 19.9. The molecule has 0 saturated carbocycles. The van der Waals surface area contributed by atoms with Crippen molar-refractivity contribution in [3.05, 3.63) is 114 Å². The monoisotopic (exact) mass is 427 g/mol. The molecule has 1 aliphatic rings. The van der Waals surface area contributed by atoms with E-state index in [1.165, 1.54) is 22.3 Å². The van der Waals surface area contributed by atoms with Crippen LogP contribution in [0, 0.1) is 13.8 Å². The van der Waals surface area contributed by atoms with E-state index in [1.807, 2.05) is 44.2 Å². The summed E-state index contributed by atoms with van der Waals surface area (Å²) in [5.74, 6) is 1.17. The second kappa shape index (κ2) is 11.5. The lowest BCUT2D eigenvalue weighted by Gasteiger charge is -2.26. The molecule has 3 nitrogen and oxygen atoms in total. The van der Waals surface area contributed by atoms with Gasteiger partial charge in [-0.2, -0.15) is 0 Å². The van der Waals surface area contributed by atoms with Gasteiger partial charge in [0.05, 0.1) is 5.82 Å². The molecule has 3 aromatic rings. The van der Waals surface area contributed by atoms with E-state index in [2.05, 4.69) is 84.9 Å². The van der Waals surface area contributed by atoms with E-state index in [4.69, 9.17) is 0 Å². The van der Waals surface area contributed by atoms with Crippen molar-refractivity contribution < 1.29 is 0 Å². The Kier molecular flexibility index (Phi) is 8.52. The van der Waals surface area contributed by atoms with Crippen molar-refractivity contribution in [1.29, 1.82) is 0 Å². The van der Waals surface area contributed by atoms with E-state index in [-0.39, 0.29) is 0 Å². The SMILES string of the molecule is C=C(Nc1ccccc1)NC1CNC(C(c2ccc(C)cc2)c2ccc(C)cc2)C1.CC. The maximum atomic E-state index is 4.17. The first-order valence-electron chi connectivity index (χ1n) is 11.7. The van der Waals surface area contributed by atoms with Crippen molar-refractivity contribution in [2.24, 2.45) is 0 Å². The van der Waals surface area contributed by atoms with Gasteiger partial charge in [-0.1, -0.05) is 98.3 Å². The molecule has 0 aromatic heterocycles. The summed E-state index contributed by atoms with van der Waals surface area (Å²) in [7, 11) is 0. The fraction of sp³-hybridized carbons (Fsp3) is 0.310. The molecule has 0 spiro atoms. The van der Waals surface area contributed by atoms with E-state index in [0.29, 0.717) is 18.0 Å². The summed E-state index contributed by atoms with van der Waals surface area (Å²) in [4.78, 5) is 0. The third-order valence-electron chi connectivity index (χ3n) is 5.89. The molecule has 1 saturated heterocycles. The van der Waals surface area contributed by atoms with Crippen LogP contribution in [0.25, 0.3) is 0 Å². The second-order valence-electron chi connectivity index (χ2n) is 8.36. The molecule has 3 heteroatoms. The number of rotatable bonds is 7. The Bertz CT molecular complexity index is 916. The van der Waals surface area contributed by atoms with Crippen molar-refractivity contribution in [3.8, 4) is 0 Å². The van der Waals surface area contributed by atoms with Gasteiger partial charge in [0, 0.05) is 30.2 Å². The summed E-state index contributed by atoms with van der Waals surface area (Å²) in [5.41, 5.74) is 6.37. The molecular weight excluding hydrogens is 390 g/mol. The smallest absolute Gasteiger partial charge is 0.0959 e. The first kappa shape index (κ1) is 23.6. The molecule has 1 fully saturated rings. The van der Waals surface area contributed by atoms with Crippen LogP contribution < -0.4 is 16.0 Å². The number of aryl methyl sites for hydroxylation is 2. The van der Waals surface area contributed by atoms with Crippen LogP contribution in [0.5, 0.6) is 0 Å². The van der Waals surface area contributed by atoms with Gasteiger partial charge in [0.25, 0.3) is 0 Å². The summed E-state index contributed by atoms with van der Waals surface area (Å²) in [6.07, 6.45) is 1.04. The molecule has 0 radical (unpaired) electrons. The Morgan fingerprint density at radius 3 is 1.91 bits per heavy atom. The summed E-state index contributed by atoms with van der Waals surface area (Å²) in [6.45, 7) is 13.4. The van der Waals surface area contributed by atoms with Crippen molar-refractivity contribution in [2.45, 2.75) is 52.1 Å². The Morgan fingerprint density at radius 1 is 0.844 bits per heavy atom. The molecule has 2 unspecified atom stereocenters. The average molecular weight is 428 g/mol. The topological polar surface area (TPSA) is 36.1 Å². The van der Waals surface area contributed by atoms with E-state index < -0.39 is 0 Å². The Labute approximate surface area is 194 Å². The van der Waals surface area contributed by atoms with E-state index in [9.17, 15) is 0 Å². The number of para-hydroxylation sites is 1. The standard InChI is InChI=1S/C27H31N3.C2H6/c1-19-9-13-22(14-10-19)27(23-15-11-20(2)12-16-23)26-17-25(18-28-26)30-21(3)29-24-7-5-4-6-8-24;1-2/h4-16,25-30H,3,17-18H2,1-2H3;1-2H3. The Morgan fingerprint density at radius 2 is 1.38 bits per heavy atom. The summed E-state index contributed by atoms with van der Waals surface area (Å²) < 4.78 is 0. The lowest BCUT2D eigenvalue weighted by atomic mass is 9.83. The van der Waals surface area contributed by atoms with Crippen LogP contribution in [0.1, 0.15) is 48.4 Å². The molecule has 1 heterocycles. The van der Waals surface area contributed by atoms with Crippen LogP contribution in [0.15, 0.2) is 91.3 Å². The van der Waals surface area contributed by atoms with E-state index in [1.54, 1.807) is 0 Å². The quantitative estimate of drug-likeness (QED) is 0.410. The highest BCUT2D eigenvalue weighted by Gasteiger charge is 2.32. The predicted molar refractivity (Wildman–Crippen MR) is 138 cm³/mol. The lowest BCUT2D eigenvalue weighted by Crippen LogP contribution is -2.32. The summed E-state index contributed by atoms with van der Waals surface area (Å²) >= 11 is 0. The fourth-order valence-electron chi connectivity index (χ4n) is 4.31. The molecule has 2 atom stereocenters. The Balaban J connectivity index is 0.00000141. The van der Waals surface area contributed by atoms with Crippen LogP contribution >= 0.6 is 0 Å². The van der Waals surface area contributed by atoms with Gasteiger partial charge in [-0.15, -0.1) is 0 Å². The van der Waals surface area contributed by atoms with Crippen LogP contribution in [0.4, 0.5) is 5.69 Å².